The standard InChI is InChI=1S/C27H22FN3O/c1-17-30-27(32-31-17)25-13-20(19-4-2-3-18(11-19)16-29)5-6-23(25)15-26(27)10-9-21-12-24(28)8-7-22(21)14-26/h2-8,11-13H,9-10,14-15H2,1H3,(H,30,31). The molecule has 4 nitrogen and oxygen atoms in total. The summed E-state index contributed by atoms with van der Waals surface area (Å²) in [6, 6.07) is 21.5. The Balaban J connectivity index is 1.49. The molecule has 1 heterocycles. The fourth-order valence-corrected chi connectivity index (χ4v) is 5.80. The highest BCUT2D eigenvalue weighted by molar-refractivity contribution is 5.81. The number of rotatable bonds is 1. The van der Waals surface area contributed by atoms with Gasteiger partial charge in [-0.15, -0.1) is 0 Å². The van der Waals surface area contributed by atoms with E-state index >= 15 is 0 Å². The molecule has 2 aliphatic carbocycles. The highest BCUT2D eigenvalue weighted by Gasteiger charge is 2.62. The number of nitrogens with zero attached hydrogens (tertiary/aromatic N) is 2. The number of hydroxylamine groups is 1. The van der Waals surface area contributed by atoms with Crippen molar-refractivity contribution in [2.45, 2.75) is 38.3 Å². The van der Waals surface area contributed by atoms with Crippen molar-refractivity contribution in [3.05, 3.63) is 94.3 Å². The van der Waals surface area contributed by atoms with Crippen LogP contribution in [0.3, 0.4) is 0 Å². The molecule has 2 spiro atoms. The number of aryl methyl sites for hydroxylation is 1. The van der Waals surface area contributed by atoms with E-state index in [1.54, 1.807) is 12.1 Å². The van der Waals surface area contributed by atoms with E-state index in [1.807, 2.05) is 37.3 Å². The van der Waals surface area contributed by atoms with Gasteiger partial charge in [-0.3, -0.25) is 5.48 Å². The summed E-state index contributed by atoms with van der Waals surface area (Å²) in [4.78, 5) is 11.4. The van der Waals surface area contributed by atoms with Gasteiger partial charge < -0.3 is 0 Å². The summed E-state index contributed by atoms with van der Waals surface area (Å²) in [5.41, 5.74) is 9.21. The number of nitrogens with one attached hydrogen (secondary N) is 1. The molecule has 0 bridgehead atoms. The van der Waals surface area contributed by atoms with Crippen molar-refractivity contribution in [3.63, 3.8) is 0 Å². The number of aliphatic imine (C=N–C) groups is 1. The molecule has 0 fully saturated rings. The fourth-order valence-electron chi connectivity index (χ4n) is 5.80. The van der Waals surface area contributed by atoms with Crippen molar-refractivity contribution >= 4 is 5.84 Å². The van der Waals surface area contributed by atoms with E-state index in [0.717, 1.165) is 53.8 Å². The van der Waals surface area contributed by atoms with Crippen LogP contribution in [0.15, 0.2) is 65.7 Å². The molecule has 5 heteroatoms. The number of hydrogen-bond donors (Lipinski definition) is 1. The Bertz CT molecular complexity index is 1340. The zero-order valence-electron chi connectivity index (χ0n) is 17.8. The average molecular weight is 423 g/mol. The predicted molar refractivity (Wildman–Crippen MR) is 120 cm³/mol. The number of benzene rings is 3. The summed E-state index contributed by atoms with van der Waals surface area (Å²) >= 11 is 0. The van der Waals surface area contributed by atoms with Gasteiger partial charge in [0.1, 0.15) is 11.7 Å². The van der Waals surface area contributed by atoms with Crippen molar-refractivity contribution in [2.24, 2.45) is 10.4 Å². The molecular formula is C27H22FN3O. The molecule has 2 atom stereocenters. The maximum absolute atomic E-state index is 13.8. The lowest BCUT2D eigenvalue weighted by molar-refractivity contribution is -0.143. The predicted octanol–water partition coefficient (Wildman–Crippen LogP) is 5.20. The van der Waals surface area contributed by atoms with Gasteiger partial charge in [0.05, 0.1) is 11.6 Å². The van der Waals surface area contributed by atoms with E-state index in [0.29, 0.717) is 5.56 Å². The molecule has 0 amide bonds. The van der Waals surface area contributed by atoms with E-state index in [9.17, 15) is 9.65 Å². The molecule has 3 aliphatic rings. The van der Waals surface area contributed by atoms with E-state index < -0.39 is 5.72 Å². The first-order valence-electron chi connectivity index (χ1n) is 10.9. The van der Waals surface area contributed by atoms with Gasteiger partial charge in [0, 0.05) is 11.0 Å². The van der Waals surface area contributed by atoms with Crippen LogP contribution in [-0.4, -0.2) is 5.84 Å². The lowest BCUT2D eigenvalue weighted by Gasteiger charge is -2.43. The van der Waals surface area contributed by atoms with Gasteiger partial charge in [-0.2, -0.15) is 5.26 Å². The second-order valence-corrected chi connectivity index (χ2v) is 9.16. The van der Waals surface area contributed by atoms with Crippen LogP contribution in [0.1, 0.15) is 41.2 Å². The van der Waals surface area contributed by atoms with Crippen molar-refractivity contribution in [1.82, 2.24) is 5.48 Å². The highest BCUT2D eigenvalue weighted by Crippen LogP contribution is 2.60. The topological polar surface area (TPSA) is 57.4 Å². The molecule has 32 heavy (non-hydrogen) atoms. The molecule has 6 rings (SSSR count). The lowest BCUT2D eigenvalue weighted by atomic mass is 9.65. The van der Waals surface area contributed by atoms with Gasteiger partial charge in [0.15, 0.2) is 0 Å². The van der Waals surface area contributed by atoms with Gasteiger partial charge in [0.25, 0.3) is 0 Å². The first kappa shape index (κ1) is 19.2. The summed E-state index contributed by atoms with van der Waals surface area (Å²) in [6.07, 6.45) is 3.32. The zero-order chi connectivity index (χ0) is 21.9. The zero-order valence-corrected chi connectivity index (χ0v) is 17.8. The summed E-state index contributed by atoms with van der Waals surface area (Å²) < 4.78 is 13.8. The first-order valence-corrected chi connectivity index (χ1v) is 10.9. The summed E-state index contributed by atoms with van der Waals surface area (Å²) in [5, 5.41) is 9.30. The molecule has 0 aromatic heterocycles. The van der Waals surface area contributed by atoms with E-state index in [4.69, 9.17) is 9.83 Å². The summed E-state index contributed by atoms with van der Waals surface area (Å²) in [5.74, 6) is 0.583. The maximum Gasteiger partial charge on any atom is 0.218 e. The Hall–Kier alpha value is -3.49. The van der Waals surface area contributed by atoms with Crippen molar-refractivity contribution in [1.29, 1.82) is 5.26 Å². The Kier molecular flexibility index (Phi) is 4.05. The quantitative estimate of drug-likeness (QED) is 0.585. The summed E-state index contributed by atoms with van der Waals surface area (Å²) in [6.45, 7) is 1.92. The van der Waals surface area contributed by atoms with Crippen molar-refractivity contribution in [3.8, 4) is 17.2 Å². The van der Waals surface area contributed by atoms with Gasteiger partial charge >= 0.3 is 0 Å². The Morgan fingerprint density at radius 3 is 2.62 bits per heavy atom. The Morgan fingerprint density at radius 2 is 1.81 bits per heavy atom. The van der Waals surface area contributed by atoms with Crippen LogP contribution in [0.5, 0.6) is 0 Å². The van der Waals surface area contributed by atoms with Crippen molar-refractivity contribution < 1.29 is 9.23 Å². The molecule has 1 aliphatic heterocycles. The van der Waals surface area contributed by atoms with E-state index in [1.165, 1.54) is 11.1 Å². The molecule has 158 valence electrons. The number of fused-ring (bicyclic) bond motifs is 4. The number of amidine groups is 1. The largest absolute Gasteiger partial charge is 0.250 e. The lowest BCUT2D eigenvalue weighted by Crippen LogP contribution is -2.46. The van der Waals surface area contributed by atoms with Crippen LogP contribution in [-0.2, 0) is 29.8 Å². The summed E-state index contributed by atoms with van der Waals surface area (Å²) in [7, 11) is 0. The highest BCUT2D eigenvalue weighted by atomic mass is 19.1. The van der Waals surface area contributed by atoms with E-state index in [-0.39, 0.29) is 11.2 Å². The molecule has 0 saturated carbocycles. The Morgan fingerprint density at radius 1 is 1.00 bits per heavy atom. The minimum atomic E-state index is -0.818. The molecular weight excluding hydrogens is 401 g/mol. The van der Waals surface area contributed by atoms with Gasteiger partial charge in [-0.25, -0.2) is 14.2 Å². The van der Waals surface area contributed by atoms with Crippen LogP contribution in [0.25, 0.3) is 11.1 Å². The molecule has 1 N–H and O–H groups in total. The fraction of sp³-hybridized carbons (Fsp3) is 0.259. The van der Waals surface area contributed by atoms with E-state index in [2.05, 4.69) is 29.7 Å². The van der Waals surface area contributed by atoms with Gasteiger partial charge in [0.2, 0.25) is 5.72 Å². The van der Waals surface area contributed by atoms with Crippen LogP contribution in [0.4, 0.5) is 4.39 Å². The molecule has 0 saturated heterocycles. The normalized spacial score (nSPS) is 25.2. The first-order chi connectivity index (χ1) is 15.5. The van der Waals surface area contributed by atoms with Gasteiger partial charge in [-0.1, -0.05) is 30.3 Å². The third kappa shape index (κ3) is 2.66. The maximum atomic E-state index is 13.8. The Labute approximate surface area is 186 Å². The second kappa shape index (κ2) is 6.75. The number of hydrogen-bond acceptors (Lipinski definition) is 4. The van der Waals surface area contributed by atoms with Crippen LogP contribution in [0, 0.1) is 22.6 Å². The molecule has 0 radical (unpaired) electrons. The number of halogens is 1. The second-order valence-electron chi connectivity index (χ2n) is 9.16. The molecule has 2 unspecified atom stereocenters. The smallest absolute Gasteiger partial charge is 0.218 e. The van der Waals surface area contributed by atoms with Crippen LogP contribution in [0.2, 0.25) is 0 Å². The molecule has 3 aromatic rings. The third-order valence-corrected chi connectivity index (χ3v) is 7.29. The monoisotopic (exact) mass is 423 g/mol. The van der Waals surface area contributed by atoms with Gasteiger partial charge in [-0.05, 0) is 90.8 Å². The third-order valence-electron chi connectivity index (χ3n) is 7.29. The SMILES string of the molecule is CC1=NC2(ON1)c1cc(-c3cccc(C#N)c3)ccc1CC21CCc2cc(F)ccc2C1. The van der Waals surface area contributed by atoms with Crippen LogP contribution < -0.4 is 5.48 Å². The minimum Gasteiger partial charge on any atom is -0.250 e. The molecule has 3 aromatic carbocycles. The average Bonchev–Trinajstić information content (AvgIpc) is 3.33. The van der Waals surface area contributed by atoms with Crippen LogP contribution >= 0.6 is 0 Å². The van der Waals surface area contributed by atoms with Crippen molar-refractivity contribution in [2.75, 3.05) is 0 Å². The number of nitriles is 1. The minimum absolute atomic E-state index is 0.180.